The van der Waals surface area contributed by atoms with E-state index in [9.17, 15) is 0 Å². The van der Waals surface area contributed by atoms with Crippen molar-refractivity contribution in [1.82, 2.24) is 5.43 Å². The molecule has 5 heteroatoms. The van der Waals surface area contributed by atoms with Gasteiger partial charge in [0.1, 0.15) is 0 Å². The van der Waals surface area contributed by atoms with Gasteiger partial charge in [0.2, 0.25) is 0 Å². The van der Waals surface area contributed by atoms with Crippen LogP contribution in [-0.2, 0) is 4.74 Å². The van der Waals surface area contributed by atoms with E-state index in [0.29, 0.717) is 6.61 Å². The molecule has 1 heterocycles. The van der Waals surface area contributed by atoms with Crippen molar-refractivity contribution in [2.45, 2.75) is 6.04 Å². The van der Waals surface area contributed by atoms with Gasteiger partial charge in [-0.1, -0.05) is 0 Å². The Labute approximate surface area is 84.0 Å². The second-order valence-electron chi connectivity index (χ2n) is 2.31. The van der Waals surface area contributed by atoms with Gasteiger partial charge in [-0.15, -0.1) is 11.3 Å². The van der Waals surface area contributed by atoms with E-state index in [4.69, 9.17) is 10.6 Å². The fourth-order valence-corrected chi connectivity index (χ4v) is 2.62. The fourth-order valence-electron chi connectivity index (χ4n) is 0.920. The molecule has 0 saturated heterocycles. The molecule has 1 unspecified atom stereocenters. The normalized spacial score (nSPS) is 13.2. The maximum atomic E-state index is 5.37. The quantitative estimate of drug-likeness (QED) is 0.632. The Bertz CT molecular complexity index is 241. The Kier molecular flexibility index (Phi) is 4.17. The van der Waals surface area contributed by atoms with Crippen LogP contribution >= 0.6 is 27.3 Å². The summed E-state index contributed by atoms with van der Waals surface area (Å²) in [5.41, 5.74) is 2.70. The molecule has 1 rings (SSSR count). The van der Waals surface area contributed by atoms with Crippen molar-refractivity contribution in [2.24, 2.45) is 5.84 Å². The molecule has 0 aliphatic rings. The highest BCUT2D eigenvalue weighted by Crippen LogP contribution is 2.28. The minimum Gasteiger partial charge on any atom is -0.383 e. The number of rotatable bonds is 4. The number of nitrogens with two attached hydrogens (primary N) is 1. The van der Waals surface area contributed by atoms with Gasteiger partial charge in [0.05, 0.1) is 12.6 Å². The molecule has 0 aliphatic carbocycles. The SMILES string of the molecule is COCC(NN)c1sccc1Br. The largest absolute Gasteiger partial charge is 0.383 e. The van der Waals surface area contributed by atoms with Crippen LogP contribution in [0.5, 0.6) is 0 Å². The lowest BCUT2D eigenvalue weighted by Crippen LogP contribution is -2.30. The summed E-state index contributed by atoms with van der Waals surface area (Å²) in [6, 6.07) is 2.07. The zero-order valence-corrected chi connectivity index (χ0v) is 9.11. The molecule has 68 valence electrons. The van der Waals surface area contributed by atoms with Crippen molar-refractivity contribution in [3.05, 3.63) is 20.8 Å². The van der Waals surface area contributed by atoms with E-state index in [1.165, 1.54) is 4.88 Å². The third kappa shape index (κ3) is 2.27. The third-order valence-electron chi connectivity index (χ3n) is 1.50. The number of hydrazine groups is 1. The lowest BCUT2D eigenvalue weighted by atomic mass is 10.3. The first-order valence-corrected chi connectivity index (χ1v) is 5.14. The van der Waals surface area contributed by atoms with Crippen LogP contribution in [0, 0.1) is 0 Å². The summed E-state index contributed by atoms with van der Waals surface area (Å²) in [6.45, 7) is 0.579. The maximum Gasteiger partial charge on any atom is 0.0797 e. The van der Waals surface area contributed by atoms with Crippen molar-refractivity contribution in [1.29, 1.82) is 0 Å². The predicted octanol–water partition coefficient (Wildman–Crippen LogP) is 1.66. The molecule has 3 nitrogen and oxygen atoms in total. The molecule has 0 aromatic carbocycles. The Balaban J connectivity index is 2.72. The Morgan fingerprint density at radius 2 is 2.58 bits per heavy atom. The van der Waals surface area contributed by atoms with Gasteiger partial charge in [-0.2, -0.15) is 0 Å². The molecular formula is C7H11BrN2OS. The molecular weight excluding hydrogens is 240 g/mol. The van der Waals surface area contributed by atoms with Gasteiger partial charge >= 0.3 is 0 Å². The van der Waals surface area contributed by atoms with Gasteiger partial charge in [-0.25, -0.2) is 5.43 Å². The highest BCUT2D eigenvalue weighted by Gasteiger charge is 2.13. The molecule has 1 aromatic heterocycles. The number of nitrogens with one attached hydrogen (secondary N) is 1. The first kappa shape index (κ1) is 10.1. The van der Waals surface area contributed by atoms with E-state index in [-0.39, 0.29) is 6.04 Å². The lowest BCUT2D eigenvalue weighted by Gasteiger charge is -2.13. The monoisotopic (exact) mass is 250 g/mol. The number of thiophene rings is 1. The van der Waals surface area contributed by atoms with Crippen LogP contribution in [0.25, 0.3) is 0 Å². The molecule has 0 aliphatic heterocycles. The van der Waals surface area contributed by atoms with Gasteiger partial charge in [0.15, 0.2) is 0 Å². The Morgan fingerprint density at radius 3 is 3.00 bits per heavy atom. The van der Waals surface area contributed by atoms with Crippen molar-refractivity contribution in [3.8, 4) is 0 Å². The van der Waals surface area contributed by atoms with Crippen LogP contribution in [0.2, 0.25) is 0 Å². The van der Waals surface area contributed by atoms with E-state index < -0.39 is 0 Å². The van der Waals surface area contributed by atoms with E-state index in [1.54, 1.807) is 18.4 Å². The van der Waals surface area contributed by atoms with Gasteiger partial charge in [0.25, 0.3) is 0 Å². The van der Waals surface area contributed by atoms with Crippen LogP contribution in [-0.4, -0.2) is 13.7 Å². The molecule has 12 heavy (non-hydrogen) atoms. The topological polar surface area (TPSA) is 47.3 Å². The highest BCUT2D eigenvalue weighted by molar-refractivity contribution is 9.10. The second-order valence-corrected chi connectivity index (χ2v) is 4.11. The molecule has 1 aromatic rings. The van der Waals surface area contributed by atoms with Crippen molar-refractivity contribution in [3.63, 3.8) is 0 Å². The summed E-state index contributed by atoms with van der Waals surface area (Å²) in [5, 5.41) is 2.01. The zero-order chi connectivity index (χ0) is 8.97. The standard InChI is InChI=1S/C7H11BrN2OS/c1-11-4-6(10-9)7-5(8)2-3-12-7/h2-3,6,10H,4,9H2,1H3. The molecule has 0 amide bonds. The summed E-state index contributed by atoms with van der Waals surface area (Å²) in [7, 11) is 1.66. The smallest absolute Gasteiger partial charge is 0.0797 e. The Hall–Kier alpha value is 0.0600. The summed E-state index contributed by atoms with van der Waals surface area (Å²) in [5.74, 6) is 5.37. The average molecular weight is 251 g/mol. The van der Waals surface area contributed by atoms with Gasteiger partial charge < -0.3 is 4.74 Å². The number of methoxy groups -OCH3 is 1. The zero-order valence-electron chi connectivity index (χ0n) is 6.71. The molecule has 0 saturated carbocycles. The van der Waals surface area contributed by atoms with Gasteiger partial charge in [-0.05, 0) is 27.4 Å². The molecule has 0 radical (unpaired) electrons. The lowest BCUT2D eigenvalue weighted by molar-refractivity contribution is 0.168. The van der Waals surface area contributed by atoms with Gasteiger partial charge in [0, 0.05) is 16.5 Å². The maximum absolute atomic E-state index is 5.37. The second kappa shape index (κ2) is 4.94. The van der Waals surface area contributed by atoms with Crippen LogP contribution in [0.3, 0.4) is 0 Å². The Morgan fingerprint density at radius 1 is 1.83 bits per heavy atom. The van der Waals surface area contributed by atoms with Crippen LogP contribution in [0.4, 0.5) is 0 Å². The minimum atomic E-state index is 0.0735. The van der Waals surface area contributed by atoms with E-state index >= 15 is 0 Å². The van der Waals surface area contributed by atoms with Crippen molar-refractivity contribution in [2.75, 3.05) is 13.7 Å². The van der Waals surface area contributed by atoms with Crippen molar-refractivity contribution >= 4 is 27.3 Å². The van der Waals surface area contributed by atoms with E-state index in [0.717, 1.165) is 4.47 Å². The average Bonchev–Trinajstić information content (AvgIpc) is 2.47. The predicted molar refractivity (Wildman–Crippen MR) is 54.0 cm³/mol. The van der Waals surface area contributed by atoms with Crippen LogP contribution < -0.4 is 11.3 Å². The fraction of sp³-hybridized carbons (Fsp3) is 0.429. The van der Waals surface area contributed by atoms with Gasteiger partial charge in [-0.3, -0.25) is 5.84 Å². The number of hydrogen-bond donors (Lipinski definition) is 2. The first-order valence-electron chi connectivity index (χ1n) is 3.47. The molecule has 0 fully saturated rings. The number of halogens is 1. The van der Waals surface area contributed by atoms with E-state index in [1.807, 2.05) is 11.4 Å². The van der Waals surface area contributed by atoms with Crippen molar-refractivity contribution < 1.29 is 4.74 Å². The number of hydrogen-bond acceptors (Lipinski definition) is 4. The summed E-state index contributed by atoms with van der Waals surface area (Å²) in [4.78, 5) is 1.17. The van der Waals surface area contributed by atoms with Crippen LogP contribution in [0.1, 0.15) is 10.9 Å². The summed E-state index contributed by atoms with van der Waals surface area (Å²) < 4.78 is 6.09. The minimum absolute atomic E-state index is 0.0735. The summed E-state index contributed by atoms with van der Waals surface area (Å²) >= 11 is 5.09. The molecule has 1 atom stereocenters. The third-order valence-corrected chi connectivity index (χ3v) is 3.48. The molecule has 3 N–H and O–H groups in total. The first-order chi connectivity index (χ1) is 5.79. The summed E-state index contributed by atoms with van der Waals surface area (Å²) in [6.07, 6.45) is 0. The van der Waals surface area contributed by atoms with Crippen LogP contribution in [0.15, 0.2) is 15.9 Å². The molecule has 0 spiro atoms. The number of ether oxygens (including phenoxy) is 1. The van der Waals surface area contributed by atoms with E-state index in [2.05, 4.69) is 21.4 Å². The molecule has 0 bridgehead atoms. The highest BCUT2D eigenvalue weighted by atomic mass is 79.9.